The van der Waals surface area contributed by atoms with Crippen molar-refractivity contribution in [2.45, 2.75) is 25.7 Å². The van der Waals surface area contributed by atoms with E-state index in [1.165, 1.54) is 0 Å². The molecule has 0 bridgehead atoms. The van der Waals surface area contributed by atoms with E-state index in [1.807, 2.05) is 60.7 Å². The first-order valence-corrected chi connectivity index (χ1v) is 9.56. The summed E-state index contributed by atoms with van der Waals surface area (Å²) in [6.45, 7) is 8.10. The van der Waals surface area contributed by atoms with Crippen LogP contribution in [0.4, 0.5) is 0 Å². The first-order valence-electron chi connectivity index (χ1n) is 9.56. The number of ether oxygens (including phenoxy) is 2. The fourth-order valence-electron chi connectivity index (χ4n) is 3.46. The maximum Gasteiger partial charge on any atom is 0.218 e. The Morgan fingerprint density at radius 1 is 0.643 bits per heavy atom. The van der Waals surface area contributed by atoms with E-state index in [9.17, 15) is 0 Å². The van der Waals surface area contributed by atoms with Crippen molar-refractivity contribution in [3.63, 3.8) is 0 Å². The van der Waals surface area contributed by atoms with Gasteiger partial charge in [-0.15, -0.1) is 0 Å². The molecule has 0 heterocycles. The van der Waals surface area contributed by atoms with Crippen molar-refractivity contribution in [3.05, 3.63) is 96.5 Å². The molecule has 0 radical (unpaired) electrons. The van der Waals surface area contributed by atoms with Crippen LogP contribution in [0.15, 0.2) is 85.3 Å². The molecule has 0 unspecified atom stereocenters. The molecule has 1 saturated carbocycles. The van der Waals surface area contributed by atoms with Crippen LogP contribution in [0.5, 0.6) is 0 Å². The fourth-order valence-corrected chi connectivity index (χ4v) is 3.46. The van der Waals surface area contributed by atoms with E-state index in [1.54, 1.807) is 0 Å². The summed E-state index contributed by atoms with van der Waals surface area (Å²) in [7, 11) is 0. The van der Waals surface area contributed by atoms with Crippen LogP contribution in [0.3, 0.4) is 0 Å². The molecule has 1 aliphatic carbocycles. The normalized spacial score (nSPS) is 18.7. The zero-order chi connectivity index (χ0) is 19.9. The van der Waals surface area contributed by atoms with E-state index in [0.717, 1.165) is 36.8 Å². The Morgan fingerprint density at radius 2 is 0.964 bits per heavy atom. The van der Waals surface area contributed by atoms with Gasteiger partial charge >= 0.3 is 0 Å². The third-order valence-corrected chi connectivity index (χ3v) is 5.18. The third-order valence-electron chi connectivity index (χ3n) is 5.18. The summed E-state index contributed by atoms with van der Waals surface area (Å²) in [6, 6.07) is 18.8. The first kappa shape index (κ1) is 19.6. The third kappa shape index (κ3) is 4.97. The minimum absolute atomic E-state index is 0.136. The molecule has 4 heteroatoms. The summed E-state index contributed by atoms with van der Waals surface area (Å²) in [5.41, 5.74) is 1.50. The molecular weight excluding hydrogens is 348 g/mol. The number of hydrogen-bond acceptors (Lipinski definition) is 4. The Labute approximate surface area is 166 Å². The predicted octanol–water partition coefficient (Wildman–Crippen LogP) is 5.90. The molecule has 0 amide bonds. The predicted molar refractivity (Wildman–Crippen MR) is 112 cm³/mol. The lowest BCUT2D eigenvalue weighted by molar-refractivity contribution is 0.221. The van der Waals surface area contributed by atoms with Crippen LogP contribution in [0.2, 0.25) is 0 Å². The van der Waals surface area contributed by atoms with E-state index >= 15 is 0 Å². The van der Waals surface area contributed by atoms with Gasteiger partial charge in [-0.25, -0.2) is 0 Å². The molecular formula is C24H26N2O2. The first-order chi connectivity index (χ1) is 13.5. The van der Waals surface area contributed by atoms with E-state index in [4.69, 9.17) is 20.3 Å². The van der Waals surface area contributed by atoms with Crippen LogP contribution in [0, 0.1) is 22.7 Å². The highest BCUT2D eigenvalue weighted by Crippen LogP contribution is 2.36. The second-order valence-electron chi connectivity index (χ2n) is 7.08. The maximum absolute atomic E-state index is 8.10. The largest absolute Gasteiger partial charge is 0.444 e. The average Bonchev–Trinajstić information content (AvgIpc) is 2.75. The average molecular weight is 374 g/mol. The van der Waals surface area contributed by atoms with Crippen LogP contribution >= 0.6 is 0 Å². The lowest BCUT2D eigenvalue weighted by Gasteiger charge is -2.30. The van der Waals surface area contributed by atoms with Gasteiger partial charge in [-0.1, -0.05) is 49.6 Å². The lowest BCUT2D eigenvalue weighted by atomic mass is 9.80. The molecule has 144 valence electrons. The van der Waals surface area contributed by atoms with Gasteiger partial charge in [0.25, 0.3) is 0 Å². The zero-order valence-electron chi connectivity index (χ0n) is 16.0. The Bertz CT molecular complexity index is 777. The smallest absolute Gasteiger partial charge is 0.218 e. The molecule has 3 rings (SSSR count). The van der Waals surface area contributed by atoms with Crippen molar-refractivity contribution < 1.29 is 9.47 Å². The molecule has 0 saturated heterocycles. The summed E-state index contributed by atoms with van der Waals surface area (Å²) in [5, 5.41) is 16.2. The van der Waals surface area contributed by atoms with Gasteiger partial charge in [-0.2, -0.15) is 0 Å². The number of benzene rings is 2. The second-order valence-corrected chi connectivity index (χ2v) is 7.08. The standard InChI is InChI=1S/C24H26N2O2/c1-17(27-23(25)21-9-5-3-6-10-21)19-13-15-20(16-14-19)18(2)28-24(26)22-11-7-4-8-12-22/h3-12,19-20,25-26H,1-2,13-16H2. The van der Waals surface area contributed by atoms with Gasteiger partial charge in [0.15, 0.2) is 0 Å². The molecule has 0 aliphatic heterocycles. The summed E-state index contributed by atoms with van der Waals surface area (Å²) < 4.78 is 11.4. The van der Waals surface area contributed by atoms with Crippen LogP contribution in [0.25, 0.3) is 0 Å². The Hall–Kier alpha value is -3.14. The Morgan fingerprint density at radius 3 is 1.29 bits per heavy atom. The van der Waals surface area contributed by atoms with Crippen molar-refractivity contribution in [3.8, 4) is 0 Å². The van der Waals surface area contributed by atoms with E-state index in [-0.39, 0.29) is 23.6 Å². The second kappa shape index (κ2) is 9.18. The molecule has 2 N–H and O–H groups in total. The van der Waals surface area contributed by atoms with E-state index in [2.05, 4.69) is 13.2 Å². The molecule has 28 heavy (non-hydrogen) atoms. The van der Waals surface area contributed by atoms with Crippen LogP contribution in [-0.2, 0) is 9.47 Å². The van der Waals surface area contributed by atoms with Crippen LogP contribution in [0.1, 0.15) is 36.8 Å². The topological polar surface area (TPSA) is 66.2 Å². The fraction of sp³-hybridized carbons (Fsp3) is 0.250. The van der Waals surface area contributed by atoms with Crippen molar-refractivity contribution in [2.24, 2.45) is 11.8 Å². The van der Waals surface area contributed by atoms with Crippen molar-refractivity contribution in [1.29, 1.82) is 10.8 Å². The molecule has 1 fully saturated rings. The van der Waals surface area contributed by atoms with Gasteiger partial charge in [0.2, 0.25) is 11.8 Å². The highest BCUT2D eigenvalue weighted by atomic mass is 16.5. The molecule has 2 aromatic carbocycles. The van der Waals surface area contributed by atoms with Crippen molar-refractivity contribution in [2.75, 3.05) is 0 Å². The molecule has 1 aliphatic rings. The van der Waals surface area contributed by atoms with Crippen LogP contribution < -0.4 is 0 Å². The van der Waals surface area contributed by atoms with Gasteiger partial charge in [0.1, 0.15) is 11.5 Å². The number of allylic oxidation sites excluding steroid dienone is 2. The Kier molecular flexibility index (Phi) is 6.43. The highest BCUT2D eigenvalue weighted by Gasteiger charge is 2.27. The quantitative estimate of drug-likeness (QED) is 0.375. The lowest BCUT2D eigenvalue weighted by Crippen LogP contribution is -2.21. The SMILES string of the molecule is C=C(OC(=N)c1ccccc1)C1CCC(C(=C)OC(=N)c2ccccc2)CC1. The summed E-state index contributed by atoms with van der Waals surface area (Å²) in [6.07, 6.45) is 3.64. The van der Waals surface area contributed by atoms with Crippen LogP contribution in [-0.4, -0.2) is 11.8 Å². The zero-order valence-corrected chi connectivity index (χ0v) is 16.0. The van der Waals surface area contributed by atoms with E-state index < -0.39 is 0 Å². The Balaban J connectivity index is 1.47. The minimum Gasteiger partial charge on any atom is -0.444 e. The van der Waals surface area contributed by atoms with Crippen molar-refractivity contribution >= 4 is 11.8 Å². The molecule has 0 aromatic heterocycles. The summed E-state index contributed by atoms with van der Waals surface area (Å²) >= 11 is 0. The van der Waals surface area contributed by atoms with Crippen molar-refractivity contribution in [1.82, 2.24) is 0 Å². The van der Waals surface area contributed by atoms with E-state index in [0.29, 0.717) is 11.5 Å². The van der Waals surface area contributed by atoms with Gasteiger partial charge in [-0.05, 0) is 49.9 Å². The minimum atomic E-state index is 0.136. The van der Waals surface area contributed by atoms with Gasteiger partial charge in [0, 0.05) is 23.0 Å². The number of rotatable bonds is 6. The summed E-state index contributed by atoms with van der Waals surface area (Å²) in [4.78, 5) is 0. The summed E-state index contributed by atoms with van der Waals surface area (Å²) in [5.74, 6) is 2.02. The number of nitrogens with one attached hydrogen (secondary N) is 2. The molecule has 0 atom stereocenters. The van der Waals surface area contributed by atoms with Gasteiger partial charge in [-0.3, -0.25) is 10.8 Å². The van der Waals surface area contributed by atoms with Gasteiger partial charge in [0.05, 0.1) is 0 Å². The molecule has 2 aromatic rings. The molecule has 4 nitrogen and oxygen atoms in total. The number of hydrogen-bond donors (Lipinski definition) is 2. The monoisotopic (exact) mass is 374 g/mol. The van der Waals surface area contributed by atoms with Gasteiger partial charge < -0.3 is 9.47 Å². The highest BCUT2D eigenvalue weighted by molar-refractivity contribution is 5.92. The molecule has 0 spiro atoms. The maximum atomic E-state index is 8.10.